The van der Waals surface area contributed by atoms with Crippen molar-refractivity contribution in [2.75, 3.05) is 0 Å². The SMILES string of the molecule is O[C@@H](SC1CCC(c2ccccc2)CC1)c1c(C2CC2)ccn2cncc12. The third kappa shape index (κ3) is 3.53. The average Bonchev–Trinajstić information content (AvgIpc) is 3.45. The van der Waals surface area contributed by atoms with E-state index in [2.05, 4.69) is 47.6 Å². The van der Waals surface area contributed by atoms with Crippen LogP contribution < -0.4 is 0 Å². The molecule has 4 heteroatoms. The molecule has 3 aromatic rings. The van der Waals surface area contributed by atoms with Crippen molar-refractivity contribution in [1.29, 1.82) is 0 Å². The summed E-state index contributed by atoms with van der Waals surface area (Å²) in [4.78, 5) is 4.30. The molecule has 0 unspecified atom stereocenters. The Morgan fingerprint density at radius 1 is 0.963 bits per heavy atom. The summed E-state index contributed by atoms with van der Waals surface area (Å²) in [6.45, 7) is 0. The van der Waals surface area contributed by atoms with Gasteiger partial charge in [-0.25, -0.2) is 4.98 Å². The number of thioether (sulfide) groups is 1. The van der Waals surface area contributed by atoms with E-state index < -0.39 is 5.44 Å². The molecule has 1 aromatic carbocycles. The van der Waals surface area contributed by atoms with Crippen LogP contribution in [0.5, 0.6) is 0 Å². The molecule has 1 N–H and O–H groups in total. The molecule has 0 aliphatic heterocycles. The normalized spacial score (nSPS) is 24.2. The number of hydrogen-bond donors (Lipinski definition) is 1. The highest BCUT2D eigenvalue weighted by molar-refractivity contribution is 8.00. The molecule has 2 heterocycles. The van der Waals surface area contributed by atoms with E-state index in [1.165, 1.54) is 49.7 Å². The number of pyridine rings is 1. The number of nitrogens with zero attached hydrogens (tertiary/aromatic N) is 2. The van der Waals surface area contributed by atoms with Gasteiger partial charge in [-0.3, -0.25) is 0 Å². The number of aromatic nitrogens is 2. The average molecular weight is 379 g/mol. The molecule has 0 spiro atoms. The summed E-state index contributed by atoms with van der Waals surface area (Å²) in [6, 6.07) is 13.1. The highest BCUT2D eigenvalue weighted by atomic mass is 32.2. The maximum absolute atomic E-state index is 11.2. The molecule has 0 saturated heterocycles. The lowest BCUT2D eigenvalue weighted by atomic mass is 9.84. The van der Waals surface area contributed by atoms with Crippen molar-refractivity contribution < 1.29 is 5.11 Å². The quantitative estimate of drug-likeness (QED) is 0.582. The smallest absolute Gasteiger partial charge is 0.127 e. The van der Waals surface area contributed by atoms with E-state index in [1.54, 1.807) is 11.8 Å². The first-order valence-electron chi connectivity index (χ1n) is 10.1. The summed E-state index contributed by atoms with van der Waals surface area (Å²) >= 11 is 1.76. The minimum atomic E-state index is -0.459. The minimum Gasteiger partial charge on any atom is -0.378 e. The van der Waals surface area contributed by atoms with Gasteiger partial charge >= 0.3 is 0 Å². The van der Waals surface area contributed by atoms with Gasteiger partial charge in [0.2, 0.25) is 0 Å². The Morgan fingerprint density at radius 3 is 2.44 bits per heavy atom. The van der Waals surface area contributed by atoms with Gasteiger partial charge in [-0.05, 0) is 67.6 Å². The minimum absolute atomic E-state index is 0.459. The van der Waals surface area contributed by atoms with Crippen LogP contribution in [0, 0.1) is 0 Å². The van der Waals surface area contributed by atoms with Crippen LogP contribution in [0.2, 0.25) is 0 Å². The van der Waals surface area contributed by atoms with Gasteiger partial charge in [0, 0.05) is 17.0 Å². The molecule has 140 valence electrons. The van der Waals surface area contributed by atoms with E-state index in [-0.39, 0.29) is 0 Å². The van der Waals surface area contributed by atoms with E-state index in [9.17, 15) is 5.11 Å². The number of aliphatic hydroxyl groups is 1. The summed E-state index contributed by atoms with van der Waals surface area (Å²) in [7, 11) is 0. The van der Waals surface area contributed by atoms with Crippen LogP contribution in [0.1, 0.15) is 72.5 Å². The van der Waals surface area contributed by atoms with Gasteiger partial charge in [0.25, 0.3) is 0 Å². The zero-order valence-electron chi connectivity index (χ0n) is 15.5. The predicted octanol–water partition coefficient (Wildman–Crippen LogP) is 5.66. The number of rotatable bonds is 5. The lowest BCUT2D eigenvalue weighted by molar-refractivity contribution is 0.268. The Balaban J connectivity index is 1.30. The van der Waals surface area contributed by atoms with Crippen LogP contribution in [0.25, 0.3) is 5.52 Å². The lowest BCUT2D eigenvalue weighted by Gasteiger charge is -2.30. The number of hydrogen-bond acceptors (Lipinski definition) is 3. The predicted molar refractivity (Wildman–Crippen MR) is 111 cm³/mol. The Kier molecular flexibility index (Phi) is 4.70. The first-order chi connectivity index (χ1) is 13.3. The maximum atomic E-state index is 11.2. The molecule has 2 aliphatic carbocycles. The van der Waals surface area contributed by atoms with Crippen LogP contribution >= 0.6 is 11.8 Å². The molecule has 2 fully saturated rings. The summed E-state index contributed by atoms with van der Waals surface area (Å²) in [6.07, 6.45) is 13.1. The molecule has 1 atom stereocenters. The van der Waals surface area contributed by atoms with Gasteiger partial charge in [0.1, 0.15) is 5.44 Å². The molecule has 2 aromatic heterocycles. The molecule has 0 amide bonds. The van der Waals surface area contributed by atoms with Gasteiger partial charge in [0.15, 0.2) is 0 Å². The van der Waals surface area contributed by atoms with Gasteiger partial charge in [-0.2, -0.15) is 0 Å². The second kappa shape index (κ2) is 7.33. The van der Waals surface area contributed by atoms with Crippen LogP contribution in [0.15, 0.2) is 55.1 Å². The third-order valence-electron chi connectivity index (χ3n) is 6.20. The topological polar surface area (TPSA) is 37.5 Å². The van der Waals surface area contributed by atoms with Crippen LogP contribution in [-0.4, -0.2) is 19.7 Å². The number of aliphatic hydroxyl groups excluding tert-OH is 1. The fourth-order valence-corrected chi connectivity index (χ4v) is 5.86. The van der Waals surface area contributed by atoms with Gasteiger partial charge in [-0.1, -0.05) is 30.3 Å². The molecule has 2 aliphatic rings. The number of imidazole rings is 1. The molecule has 2 saturated carbocycles. The van der Waals surface area contributed by atoms with Gasteiger partial charge < -0.3 is 9.51 Å². The van der Waals surface area contributed by atoms with E-state index in [1.807, 2.05) is 16.9 Å². The van der Waals surface area contributed by atoms with Crippen molar-refractivity contribution in [2.45, 2.75) is 61.0 Å². The molecule has 27 heavy (non-hydrogen) atoms. The summed E-state index contributed by atoms with van der Waals surface area (Å²) in [5, 5.41) is 11.7. The zero-order valence-corrected chi connectivity index (χ0v) is 16.3. The molecular weight excluding hydrogens is 352 g/mol. The van der Waals surface area contributed by atoms with Crippen molar-refractivity contribution in [3.63, 3.8) is 0 Å². The molecule has 0 bridgehead atoms. The number of fused-ring (bicyclic) bond motifs is 1. The van der Waals surface area contributed by atoms with E-state index in [0.717, 1.165) is 11.1 Å². The second-order valence-electron chi connectivity index (χ2n) is 8.02. The van der Waals surface area contributed by atoms with Gasteiger partial charge in [-0.15, -0.1) is 11.8 Å². The van der Waals surface area contributed by atoms with Crippen LogP contribution in [-0.2, 0) is 0 Å². The summed E-state index contributed by atoms with van der Waals surface area (Å²) < 4.78 is 2.04. The molecule has 5 rings (SSSR count). The standard InChI is InChI=1S/C23H26N2OS/c26-23(22-20(18-6-7-18)12-13-25-15-24-14-21(22)25)27-19-10-8-17(9-11-19)16-4-2-1-3-5-16/h1-5,12-15,17-19,23,26H,6-11H2/t17?,19?,23-/m0/s1. The molecular formula is C23H26N2OS. The fourth-order valence-electron chi connectivity index (χ4n) is 4.56. The Hall–Kier alpha value is -1.78. The highest BCUT2D eigenvalue weighted by Gasteiger charge is 2.31. The van der Waals surface area contributed by atoms with Crippen LogP contribution in [0.3, 0.4) is 0 Å². The maximum Gasteiger partial charge on any atom is 0.127 e. The Morgan fingerprint density at radius 2 is 1.70 bits per heavy atom. The highest BCUT2D eigenvalue weighted by Crippen LogP contribution is 2.48. The monoisotopic (exact) mass is 378 g/mol. The lowest BCUT2D eigenvalue weighted by Crippen LogP contribution is -2.17. The largest absolute Gasteiger partial charge is 0.378 e. The van der Waals surface area contributed by atoms with Crippen molar-refractivity contribution in [2.24, 2.45) is 0 Å². The van der Waals surface area contributed by atoms with Crippen molar-refractivity contribution >= 4 is 17.3 Å². The van der Waals surface area contributed by atoms with E-state index >= 15 is 0 Å². The third-order valence-corrected chi connectivity index (χ3v) is 7.55. The summed E-state index contributed by atoms with van der Waals surface area (Å²) in [5.74, 6) is 1.31. The molecule has 0 radical (unpaired) electrons. The first-order valence-corrected chi connectivity index (χ1v) is 11.1. The Bertz CT molecular complexity index is 911. The van der Waals surface area contributed by atoms with Crippen molar-refractivity contribution in [3.05, 3.63) is 71.8 Å². The first kappa shape index (κ1) is 17.3. The zero-order chi connectivity index (χ0) is 18.2. The Labute approximate surface area is 164 Å². The van der Waals surface area contributed by atoms with E-state index in [0.29, 0.717) is 17.1 Å². The van der Waals surface area contributed by atoms with Gasteiger partial charge in [0.05, 0.1) is 18.0 Å². The number of benzene rings is 1. The fraction of sp³-hybridized carbons (Fsp3) is 0.435. The van der Waals surface area contributed by atoms with Crippen LogP contribution in [0.4, 0.5) is 0 Å². The van der Waals surface area contributed by atoms with E-state index in [4.69, 9.17) is 0 Å². The van der Waals surface area contributed by atoms with Crippen molar-refractivity contribution in [1.82, 2.24) is 9.38 Å². The summed E-state index contributed by atoms with van der Waals surface area (Å²) in [5.41, 5.74) is 4.52. The molecule has 3 nitrogen and oxygen atoms in total. The second-order valence-corrected chi connectivity index (χ2v) is 9.40. The van der Waals surface area contributed by atoms with Crippen molar-refractivity contribution in [3.8, 4) is 0 Å².